The van der Waals surface area contributed by atoms with Crippen LogP contribution in [-0.2, 0) is 24.2 Å². The van der Waals surface area contributed by atoms with Gasteiger partial charge in [-0.2, -0.15) is 0 Å². The van der Waals surface area contributed by atoms with Crippen molar-refractivity contribution < 1.29 is 24.2 Å². The first kappa shape index (κ1) is 16.6. The van der Waals surface area contributed by atoms with Crippen molar-refractivity contribution >= 4 is 5.87 Å². The molecule has 0 radical (unpaired) electrons. The molecule has 2 nitrogen and oxygen atoms in total. The first-order chi connectivity index (χ1) is 6.69. The summed E-state index contributed by atoms with van der Waals surface area (Å²) in [6, 6.07) is 0. The van der Waals surface area contributed by atoms with Gasteiger partial charge < -0.3 is 0 Å². The van der Waals surface area contributed by atoms with Crippen LogP contribution >= 0.6 is 5.87 Å². The molecule has 102 valence electrons. The van der Waals surface area contributed by atoms with E-state index in [1.807, 2.05) is 0 Å². The van der Waals surface area contributed by atoms with Crippen molar-refractivity contribution in [1.82, 2.24) is 0 Å². The molecule has 0 saturated carbocycles. The van der Waals surface area contributed by atoms with Crippen molar-refractivity contribution in [3.8, 4) is 0 Å². The second-order valence-electron chi connectivity index (χ2n) is 6.56. The van der Waals surface area contributed by atoms with E-state index in [-0.39, 0.29) is 11.7 Å². The SMILES string of the molecule is C[C](C)(C)[Pd]([P](=O)=O)([C](C)(C)C)[C](C)(C)C. The van der Waals surface area contributed by atoms with Gasteiger partial charge in [0.1, 0.15) is 0 Å². The van der Waals surface area contributed by atoms with Gasteiger partial charge in [0.05, 0.1) is 0 Å². The van der Waals surface area contributed by atoms with Crippen molar-refractivity contribution in [2.24, 2.45) is 0 Å². The zero-order valence-electron chi connectivity index (χ0n) is 12.1. The summed E-state index contributed by atoms with van der Waals surface area (Å²) in [6.45, 7) is 18.8. The Morgan fingerprint density at radius 3 is 0.812 bits per heavy atom. The van der Waals surface area contributed by atoms with Crippen molar-refractivity contribution in [1.29, 1.82) is 0 Å². The van der Waals surface area contributed by atoms with Gasteiger partial charge in [-0.3, -0.25) is 0 Å². The van der Waals surface area contributed by atoms with Gasteiger partial charge in [0.15, 0.2) is 0 Å². The molecule has 0 fully saturated rings. The Labute approximate surface area is 104 Å². The fourth-order valence-corrected chi connectivity index (χ4v) is 21.9. The van der Waals surface area contributed by atoms with Crippen LogP contribution in [0, 0.1) is 0 Å². The maximum atomic E-state index is 12.1. The van der Waals surface area contributed by atoms with Crippen LogP contribution in [-0.4, -0.2) is 0 Å². The summed E-state index contributed by atoms with van der Waals surface area (Å²) in [5, 5.41) is 0. The molecule has 0 aromatic heterocycles. The van der Waals surface area contributed by atoms with Crippen molar-refractivity contribution in [2.75, 3.05) is 0 Å². The molecule has 0 saturated heterocycles. The average molecular weight is 341 g/mol. The van der Waals surface area contributed by atoms with Crippen LogP contribution < -0.4 is 0 Å². The summed E-state index contributed by atoms with van der Waals surface area (Å²) in [4.78, 5) is 0. The van der Waals surface area contributed by atoms with E-state index in [2.05, 4.69) is 62.3 Å². The van der Waals surface area contributed by atoms with Crippen LogP contribution in [0.1, 0.15) is 62.3 Å². The molecule has 0 spiro atoms. The Bertz CT molecular complexity index is 280. The number of hydrogen-bond acceptors (Lipinski definition) is 2. The third-order valence-corrected chi connectivity index (χ3v) is 22.8. The molecule has 0 bridgehead atoms. The van der Waals surface area contributed by atoms with Gasteiger partial charge in [0, 0.05) is 0 Å². The molecular formula is C12H27O2PPd. The van der Waals surface area contributed by atoms with E-state index in [0.717, 1.165) is 0 Å². The van der Waals surface area contributed by atoms with E-state index in [1.54, 1.807) is 0 Å². The van der Waals surface area contributed by atoms with E-state index >= 15 is 0 Å². The van der Waals surface area contributed by atoms with Gasteiger partial charge in [-0.15, -0.1) is 0 Å². The standard InChI is InChI=1S/3C4H9.O2P.Pd/c3*1-4(2)3;1-3-2;/h3*1-3H3;;. The molecule has 0 atom stereocenters. The van der Waals surface area contributed by atoms with Gasteiger partial charge in [-0.05, 0) is 0 Å². The zero-order chi connectivity index (χ0) is 13.6. The van der Waals surface area contributed by atoms with E-state index in [4.69, 9.17) is 0 Å². The van der Waals surface area contributed by atoms with E-state index in [9.17, 15) is 9.13 Å². The zero-order valence-corrected chi connectivity index (χ0v) is 14.5. The number of hydrogen-bond donors (Lipinski definition) is 0. The second-order valence-corrected chi connectivity index (χ2v) is 20.4. The molecular weight excluding hydrogens is 314 g/mol. The fraction of sp³-hybridized carbons (Fsp3) is 1.00. The fourth-order valence-electron chi connectivity index (χ4n) is 2.65. The minimum atomic E-state index is -2.67. The van der Waals surface area contributed by atoms with Gasteiger partial charge >= 0.3 is 104 Å². The third-order valence-electron chi connectivity index (χ3n) is 2.23. The summed E-state index contributed by atoms with van der Waals surface area (Å²) >= 11 is -2.67. The molecule has 4 heteroatoms. The third kappa shape index (κ3) is 2.38. The Hall–Kier alpha value is 0.562. The molecule has 0 aliphatic rings. The Morgan fingerprint density at radius 2 is 0.812 bits per heavy atom. The first-order valence-electron chi connectivity index (χ1n) is 5.48. The minimum absolute atomic E-state index is 0.143. The van der Waals surface area contributed by atoms with Gasteiger partial charge in [0.2, 0.25) is 0 Å². The average Bonchev–Trinajstić information content (AvgIpc) is 1.71. The summed E-state index contributed by atoms with van der Waals surface area (Å²) < 4.78 is 23.7. The summed E-state index contributed by atoms with van der Waals surface area (Å²) in [6.07, 6.45) is 0. The van der Waals surface area contributed by atoms with Crippen LogP contribution in [0.4, 0.5) is 0 Å². The van der Waals surface area contributed by atoms with Crippen LogP contribution in [0.5, 0.6) is 0 Å². The van der Waals surface area contributed by atoms with Crippen LogP contribution in [0.15, 0.2) is 0 Å². The molecule has 0 unspecified atom stereocenters. The van der Waals surface area contributed by atoms with Gasteiger partial charge in [0.25, 0.3) is 0 Å². The van der Waals surface area contributed by atoms with Crippen LogP contribution in [0.2, 0.25) is 11.7 Å². The van der Waals surface area contributed by atoms with Gasteiger partial charge in [-0.25, -0.2) is 0 Å². The molecule has 0 aliphatic heterocycles. The maximum absolute atomic E-state index is 12.1. The van der Waals surface area contributed by atoms with Crippen molar-refractivity contribution in [3.05, 3.63) is 0 Å². The molecule has 16 heavy (non-hydrogen) atoms. The van der Waals surface area contributed by atoms with Crippen LogP contribution in [0.25, 0.3) is 0 Å². The monoisotopic (exact) mass is 340 g/mol. The molecule has 0 heterocycles. The first-order valence-corrected chi connectivity index (χ1v) is 10.9. The predicted molar refractivity (Wildman–Crippen MR) is 67.4 cm³/mol. The van der Waals surface area contributed by atoms with Crippen molar-refractivity contribution in [2.45, 2.75) is 74.0 Å². The van der Waals surface area contributed by atoms with Crippen LogP contribution in [0.3, 0.4) is 0 Å². The quantitative estimate of drug-likeness (QED) is 0.441. The molecule has 0 amide bonds. The molecule has 0 aliphatic carbocycles. The van der Waals surface area contributed by atoms with E-state index in [1.165, 1.54) is 0 Å². The summed E-state index contributed by atoms with van der Waals surface area (Å²) in [5.41, 5.74) is 0. The molecule has 0 aromatic carbocycles. The van der Waals surface area contributed by atoms with Crippen molar-refractivity contribution in [3.63, 3.8) is 0 Å². The van der Waals surface area contributed by atoms with E-state index < -0.39 is 20.9 Å². The Kier molecular flexibility index (Phi) is 4.50. The Balaban J connectivity index is 6.28. The normalized spacial score (nSPS) is 16.1. The topological polar surface area (TPSA) is 34.1 Å². The van der Waals surface area contributed by atoms with E-state index in [0.29, 0.717) is 0 Å². The molecule has 0 rings (SSSR count). The predicted octanol–water partition coefficient (Wildman–Crippen LogP) is 5.88. The summed E-state index contributed by atoms with van der Waals surface area (Å²) in [5.74, 6) is -2.36. The van der Waals surface area contributed by atoms with Gasteiger partial charge in [-0.1, -0.05) is 0 Å². The molecule has 0 N–H and O–H groups in total. The molecule has 0 aromatic rings. The number of rotatable bonds is 1. The summed E-state index contributed by atoms with van der Waals surface area (Å²) in [7, 11) is 0. The second kappa shape index (κ2) is 4.34. The Morgan fingerprint density at radius 1 is 0.625 bits per heavy atom.